The maximum absolute atomic E-state index is 11.6. The zero-order chi connectivity index (χ0) is 15.0. The maximum atomic E-state index is 11.6. The lowest BCUT2D eigenvalue weighted by Gasteiger charge is -2.07. The second-order valence-corrected chi connectivity index (χ2v) is 5.06. The minimum absolute atomic E-state index is 0.168. The highest BCUT2D eigenvalue weighted by molar-refractivity contribution is 5.77. The van der Waals surface area contributed by atoms with Crippen molar-refractivity contribution in [1.82, 2.24) is 0 Å². The van der Waals surface area contributed by atoms with Crippen LogP contribution in [0.2, 0.25) is 0 Å². The molecule has 0 atom stereocenters. The number of hydrogen-bond acceptors (Lipinski definition) is 4. The van der Waals surface area contributed by atoms with Crippen LogP contribution in [0, 0.1) is 5.92 Å². The Morgan fingerprint density at radius 3 is 2.15 bits per heavy atom. The fraction of sp³-hybridized carbons (Fsp3) is 0.500. The number of ether oxygens (including phenoxy) is 2. The van der Waals surface area contributed by atoms with Gasteiger partial charge in [0.1, 0.15) is 0 Å². The molecule has 1 rings (SSSR count). The van der Waals surface area contributed by atoms with Gasteiger partial charge in [-0.3, -0.25) is 4.79 Å². The minimum atomic E-state index is -0.520. The van der Waals surface area contributed by atoms with Crippen molar-refractivity contribution in [2.75, 3.05) is 13.2 Å². The number of benzene rings is 1. The molecular formula is C16H22O4. The molecule has 0 N–H and O–H groups in total. The van der Waals surface area contributed by atoms with E-state index in [9.17, 15) is 9.59 Å². The summed E-state index contributed by atoms with van der Waals surface area (Å²) in [5.41, 5.74) is 2.13. The number of carbonyl (C=O) groups is 2. The molecule has 20 heavy (non-hydrogen) atoms. The third-order valence-electron chi connectivity index (χ3n) is 2.67. The van der Waals surface area contributed by atoms with Crippen LogP contribution in [0.15, 0.2) is 24.3 Å². The molecule has 4 heteroatoms. The van der Waals surface area contributed by atoms with Gasteiger partial charge in [-0.15, -0.1) is 0 Å². The molecule has 110 valence electrons. The third kappa shape index (κ3) is 6.36. The molecule has 0 heterocycles. The molecule has 1 aromatic carbocycles. The predicted octanol–water partition coefficient (Wildman–Crippen LogP) is 2.53. The smallest absolute Gasteiger partial charge is 0.344 e. The first kappa shape index (κ1) is 16.2. The van der Waals surface area contributed by atoms with Crippen molar-refractivity contribution in [3.05, 3.63) is 35.4 Å². The Morgan fingerprint density at radius 2 is 1.60 bits per heavy atom. The molecule has 0 radical (unpaired) electrons. The standard InChI is InChI=1S/C16H22O4/c1-4-19-16(18)11-20-15(17)10-14-7-5-13(6-8-14)9-12(2)3/h5-8,12H,4,9-11H2,1-3H3. The lowest BCUT2D eigenvalue weighted by Crippen LogP contribution is -2.17. The highest BCUT2D eigenvalue weighted by atomic mass is 16.6. The van der Waals surface area contributed by atoms with Gasteiger partial charge in [0.2, 0.25) is 0 Å². The van der Waals surface area contributed by atoms with Gasteiger partial charge in [0.15, 0.2) is 6.61 Å². The molecule has 0 spiro atoms. The topological polar surface area (TPSA) is 52.6 Å². The first-order chi connectivity index (χ1) is 9.51. The van der Waals surface area contributed by atoms with Gasteiger partial charge < -0.3 is 9.47 Å². The Bertz CT molecular complexity index is 434. The lowest BCUT2D eigenvalue weighted by molar-refractivity contribution is -0.158. The van der Waals surface area contributed by atoms with E-state index in [1.807, 2.05) is 24.3 Å². The zero-order valence-corrected chi connectivity index (χ0v) is 12.3. The summed E-state index contributed by atoms with van der Waals surface area (Å²) in [6.45, 7) is 6.01. The third-order valence-corrected chi connectivity index (χ3v) is 2.67. The Hall–Kier alpha value is -1.84. The number of rotatable bonds is 7. The fourth-order valence-corrected chi connectivity index (χ4v) is 1.82. The summed E-state index contributed by atoms with van der Waals surface area (Å²) in [4.78, 5) is 22.6. The summed E-state index contributed by atoms with van der Waals surface area (Å²) in [6, 6.07) is 7.88. The second kappa shape index (κ2) is 8.35. The molecular weight excluding hydrogens is 256 g/mol. The van der Waals surface area contributed by atoms with E-state index in [2.05, 4.69) is 18.6 Å². The van der Waals surface area contributed by atoms with Crippen LogP contribution in [0.3, 0.4) is 0 Å². The van der Waals surface area contributed by atoms with Crippen LogP contribution in [-0.4, -0.2) is 25.2 Å². The molecule has 0 aliphatic rings. The van der Waals surface area contributed by atoms with Crippen LogP contribution in [0.4, 0.5) is 0 Å². The van der Waals surface area contributed by atoms with Gasteiger partial charge in [-0.2, -0.15) is 0 Å². The first-order valence-corrected chi connectivity index (χ1v) is 6.90. The molecule has 0 aliphatic heterocycles. The molecule has 0 saturated carbocycles. The van der Waals surface area contributed by atoms with Gasteiger partial charge >= 0.3 is 11.9 Å². The van der Waals surface area contributed by atoms with Crippen LogP contribution >= 0.6 is 0 Å². The van der Waals surface area contributed by atoms with Crippen LogP contribution in [0.1, 0.15) is 31.9 Å². The molecule has 1 aromatic rings. The molecule has 0 bridgehead atoms. The van der Waals surface area contributed by atoms with Crippen molar-refractivity contribution >= 4 is 11.9 Å². The summed E-state index contributed by atoms with van der Waals surface area (Å²) in [7, 11) is 0. The largest absolute Gasteiger partial charge is 0.463 e. The minimum Gasteiger partial charge on any atom is -0.463 e. The fourth-order valence-electron chi connectivity index (χ4n) is 1.82. The van der Waals surface area contributed by atoms with Crippen LogP contribution in [-0.2, 0) is 31.9 Å². The van der Waals surface area contributed by atoms with Crippen molar-refractivity contribution < 1.29 is 19.1 Å². The van der Waals surface area contributed by atoms with E-state index >= 15 is 0 Å². The summed E-state index contributed by atoms with van der Waals surface area (Å²) in [5.74, 6) is -0.335. The van der Waals surface area contributed by atoms with Gasteiger partial charge in [0.05, 0.1) is 13.0 Å². The summed E-state index contributed by atoms with van der Waals surface area (Å²) in [6.07, 6.45) is 1.19. The summed E-state index contributed by atoms with van der Waals surface area (Å²) in [5, 5.41) is 0. The zero-order valence-electron chi connectivity index (χ0n) is 12.3. The SMILES string of the molecule is CCOC(=O)COC(=O)Cc1ccc(CC(C)C)cc1. The van der Waals surface area contributed by atoms with Gasteiger partial charge in [-0.25, -0.2) is 4.79 Å². The van der Waals surface area contributed by atoms with Crippen LogP contribution < -0.4 is 0 Å². The second-order valence-electron chi connectivity index (χ2n) is 5.06. The van der Waals surface area contributed by atoms with Crippen molar-refractivity contribution in [1.29, 1.82) is 0 Å². The highest BCUT2D eigenvalue weighted by Gasteiger charge is 2.09. The van der Waals surface area contributed by atoms with Crippen molar-refractivity contribution in [3.8, 4) is 0 Å². The van der Waals surface area contributed by atoms with Gasteiger partial charge in [0, 0.05) is 0 Å². The van der Waals surface area contributed by atoms with Crippen LogP contribution in [0.5, 0.6) is 0 Å². The van der Waals surface area contributed by atoms with E-state index in [0.29, 0.717) is 5.92 Å². The highest BCUT2D eigenvalue weighted by Crippen LogP contribution is 2.10. The Morgan fingerprint density at radius 1 is 1.00 bits per heavy atom. The maximum Gasteiger partial charge on any atom is 0.344 e. The summed E-state index contributed by atoms with van der Waals surface area (Å²) < 4.78 is 9.52. The average molecular weight is 278 g/mol. The van der Waals surface area contributed by atoms with Crippen molar-refractivity contribution in [2.45, 2.75) is 33.6 Å². The predicted molar refractivity (Wildman–Crippen MR) is 76.3 cm³/mol. The summed E-state index contributed by atoms with van der Waals surface area (Å²) >= 11 is 0. The van der Waals surface area contributed by atoms with Crippen molar-refractivity contribution in [2.24, 2.45) is 5.92 Å². The molecule has 4 nitrogen and oxygen atoms in total. The quantitative estimate of drug-likeness (QED) is 0.719. The van der Waals surface area contributed by atoms with E-state index in [4.69, 9.17) is 4.74 Å². The Kier molecular flexibility index (Phi) is 6.77. The molecule has 0 fully saturated rings. The van der Waals surface area contributed by atoms with E-state index < -0.39 is 11.9 Å². The van der Waals surface area contributed by atoms with E-state index in [0.717, 1.165) is 12.0 Å². The van der Waals surface area contributed by atoms with E-state index in [1.54, 1.807) is 6.92 Å². The van der Waals surface area contributed by atoms with Gasteiger partial charge in [-0.1, -0.05) is 38.1 Å². The average Bonchev–Trinajstić information content (AvgIpc) is 2.38. The number of hydrogen-bond donors (Lipinski definition) is 0. The lowest BCUT2D eigenvalue weighted by atomic mass is 10.0. The van der Waals surface area contributed by atoms with Crippen LogP contribution in [0.25, 0.3) is 0 Å². The van der Waals surface area contributed by atoms with Gasteiger partial charge in [-0.05, 0) is 30.4 Å². The molecule has 0 aromatic heterocycles. The molecule has 0 saturated heterocycles. The van der Waals surface area contributed by atoms with E-state index in [-0.39, 0.29) is 19.6 Å². The number of carbonyl (C=O) groups excluding carboxylic acids is 2. The monoisotopic (exact) mass is 278 g/mol. The first-order valence-electron chi connectivity index (χ1n) is 6.90. The normalized spacial score (nSPS) is 10.4. The number of esters is 2. The van der Waals surface area contributed by atoms with Crippen molar-refractivity contribution in [3.63, 3.8) is 0 Å². The van der Waals surface area contributed by atoms with E-state index in [1.165, 1.54) is 5.56 Å². The Labute approximate surface area is 120 Å². The van der Waals surface area contributed by atoms with Gasteiger partial charge in [0.25, 0.3) is 0 Å². The molecule has 0 unspecified atom stereocenters. The molecule has 0 aliphatic carbocycles. The Balaban J connectivity index is 2.40. The molecule has 0 amide bonds.